The van der Waals surface area contributed by atoms with E-state index in [-0.39, 0.29) is 12.0 Å². The highest BCUT2D eigenvalue weighted by atomic mass is 16.6. The summed E-state index contributed by atoms with van der Waals surface area (Å²) in [6.45, 7) is 10.8. The molecule has 5 nitrogen and oxygen atoms in total. The van der Waals surface area contributed by atoms with Gasteiger partial charge in [-0.25, -0.2) is 4.79 Å². The summed E-state index contributed by atoms with van der Waals surface area (Å²) in [6.07, 6.45) is -0.897. The number of ether oxygens (including phenoxy) is 1. The molecule has 0 saturated heterocycles. The highest BCUT2D eigenvalue weighted by Gasteiger charge is 2.27. The largest absolute Gasteiger partial charge is 0.444 e. The maximum absolute atomic E-state index is 11.5. The second-order valence-electron chi connectivity index (χ2n) is 6.64. The van der Waals surface area contributed by atoms with Crippen LogP contribution in [0.15, 0.2) is 0 Å². The number of alkyl carbamates (subject to hydrolysis) is 1. The van der Waals surface area contributed by atoms with Crippen LogP contribution < -0.4 is 5.32 Å². The average Bonchev–Trinajstić information content (AvgIpc) is 2.11. The number of hydrogen-bond acceptors (Lipinski definition) is 4. The van der Waals surface area contributed by atoms with Crippen LogP contribution in [0.5, 0.6) is 0 Å². The molecule has 2 atom stereocenters. The predicted molar refractivity (Wildman–Crippen MR) is 70.3 cm³/mol. The molecule has 3 N–H and O–H groups in total. The molecule has 0 saturated carbocycles. The number of aliphatic hydroxyl groups is 2. The van der Waals surface area contributed by atoms with Gasteiger partial charge in [0.25, 0.3) is 0 Å². The van der Waals surface area contributed by atoms with E-state index in [2.05, 4.69) is 5.32 Å². The normalized spacial score (nSPS) is 16.0. The monoisotopic (exact) mass is 261 g/mol. The van der Waals surface area contributed by atoms with Crippen molar-refractivity contribution in [2.45, 2.75) is 65.7 Å². The lowest BCUT2D eigenvalue weighted by molar-refractivity contribution is 0.0277. The first-order chi connectivity index (χ1) is 7.95. The van der Waals surface area contributed by atoms with Crippen molar-refractivity contribution >= 4 is 6.09 Å². The molecule has 1 amide bonds. The van der Waals surface area contributed by atoms with Crippen LogP contribution in [0.4, 0.5) is 4.79 Å². The van der Waals surface area contributed by atoms with Gasteiger partial charge in [-0.1, -0.05) is 20.8 Å². The molecular weight excluding hydrogens is 234 g/mol. The van der Waals surface area contributed by atoms with Gasteiger partial charge in [0.05, 0.1) is 18.8 Å². The maximum atomic E-state index is 11.5. The Bertz CT molecular complexity index is 265. The zero-order chi connectivity index (χ0) is 14.6. The van der Waals surface area contributed by atoms with Gasteiger partial charge in [0.15, 0.2) is 0 Å². The topological polar surface area (TPSA) is 78.8 Å². The highest BCUT2D eigenvalue weighted by Crippen LogP contribution is 2.22. The molecule has 0 aromatic carbocycles. The molecule has 0 heterocycles. The first kappa shape index (κ1) is 17.2. The number of nitrogens with one attached hydrogen (secondary N) is 1. The molecule has 5 heteroatoms. The van der Waals surface area contributed by atoms with E-state index in [0.29, 0.717) is 6.42 Å². The standard InChI is InChI=1S/C13H27NO4/c1-12(2,3)10(16)7-9(8-15)14-11(17)18-13(4,5)6/h9-10,15-16H,7-8H2,1-6H3,(H,14,17). The third-order valence-corrected chi connectivity index (χ3v) is 2.45. The fraction of sp³-hybridized carbons (Fsp3) is 0.923. The Morgan fingerprint density at radius 2 is 1.72 bits per heavy atom. The Labute approximate surface area is 110 Å². The first-order valence-electron chi connectivity index (χ1n) is 6.24. The SMILES string of the molecule is CC(C)(C)OC(=O)NC(CO)CC(O)C(C)(C)C. The first-order valence-corrected chi connectivity index (χ1v) is 6.24. The Hall–Kier alpha value is -0.810. The molecule has 0 bridgehead atoms. The summed E-state index contributed by atoms with van der Waals surface area (Å²) in [4.78, 5) is 11.5. The lowest BCUT2D eigenvalue weighted by Gasteiger charge is -2.29. The lowest BCUT2D eigenvalue weighted by atomic mass is 9.85. The van der Waals surface area contributed by atoms with Crippen LogP contribution in [0, 0.1) is 5.41 Å². The second-order valence-corrected chi connectivity index (χ2v) is 6.64. The highest BCUT2D eigenvalue weighted by molar-refractivity contribution is 5.68. The van der Waals surface area contributed by atoms with Crippen LogP contribution in [0.3, 0.4) is 0 Å². The van der Waals surface area contributed by atoms with Crippen LogP contribution in [-0.4, -0.2) is 40.7 Å². The lowest BCUT2D eigenvalue weighted by Crippen LogP contribution is -2.44. The molecule has 0 fully saturated rings. The summed E-state index contributed by atoms with van der Waals surface area (Å²) in [6, 6.07) is -0.505. The van der Waals surface area contributed by atoms with Gasteiger partial charge in [-0.15, -0.1) is 0 Å². The smallest absolute Gasteiger partial charge is 0.407 e. The fourth-order valence-electron chi connectivity index (χ4n) is 1.28. The van der Waals surface area contributed by atoms with Crippen LogP contribution in [0.25, 0.3) is 0 Å². The van der Waals surface area contributed by atoms with Crippen LogP contribution in [0.2, 0.25) is 0 Å². The third-order valence-electron chi connectivity index (χ3n) is 2.45. The average molecular weight is 261 g/mol. The van der Waals surface area contributed by atoms with Crippen molar-refractivity contribution in [3.63, 3.8) is 0 Å². The fourth-order valence-corrected chi connectivity index (χ4v) is 1.28. The molecule has 0 aliphatic rings. The zero-order valence-electron chi connectivity index (χ0n) is 12.3. The zero-order valence-corrected chi connectivity index (χ0v) is 12.3. The van der Waals surface area contributed by atoms with Crippen molar-refractivity contribution in [3.8, 4) is 0 Å². The van der Waals surface area contributed by atoms with E-state index in [1.54, 1.807) is 20.8 Å². The van der Waals surface area contributed by atoms with Crippen LogP contribution in [0.1, 0.15) is 48.0 Å². The summed E-state index contributed by atoms with van der Waals surface area (Å²) in [5, 5.41) is 21.7. The minimum Gasteiger partial charge on any atom is -0.444 e. The molecule has 0 rings (SSSR count). The second kappa shape index (κ2) is 6.38. The number of rotatable bonds is 4. The molecule has 18 heavy (non-hydrogen) atoms. The van der Waals surface area contributed by atoms with Crippen LogP contribution in [-0.2, 0) is 4.74 Å². The van der Waals surface area contributed by atoms with E-state index in [0.717, 1.165) is 0 Å². The van der Waals surface area contributed by atoms with Crippen molar-refractivity contribution < 1.29 is 19.7 Å². The van der Waals surface area contributed by atoms with Gasteiger partial charge in [-0.05, 0) is 32.6 Å². The molecule has 0 aliphatic heterocycles. The minimum atomic E-state index is -0.607. The minimum absolute atomic E-state index is 0.230. The van der Waals surface area contributed by atoms with Gasteiger partial charge >= 0.3 is 6.09 Å². The Morgan fingerprint density at radius 1 is 1.22 bits per heavy atom. The molecule has 0 aromatic rings. The van der Waals surface area contributed by atoms with Gasteiger partial charge in [0, 0.05) is 0 Å². The molecule has 2 unspecified atom stereocenters. The van der Waals surface area contributed by atoms with Crippen molar-refractivity contribution in [2.24, 2.45) is 5.41 Å². The van der Waals surface area contributed by atoms with Crippen LogP contribution >= 0.6 is 0 Å². The number of aliphatic hydroxyl groups excluding tert-OH is 2. The summed E-state index contributed by atoms with van der Waals surface area (Å²) in [5.74, 6) is 0. The van der Waals surface area contributed by atoms with E-state index in [1.165, 1.54) is 0 Å². The summed E-state index contributed by atoms with van der Waals surface area (Å²) < 4.78 is 5.09. The van der Waals surface area contributed by atoms with Crippen molar-refractivity contribution in [3.05, 3.63) is 0 Å². The van der Waals surface area contributed by atoms with Gasteiger partial charge in [0.1, 0.15) is 5.60 Å². The number of carbonyl (C=O) groups is 1. The predicted octanol–water partition coefficient (Wildman–Crippen LogP) is 1.67. The van der Waals surface area contributed by atoms with E-state index in [1.807, 2.05) is 20.8 Å². The number of amides is 1. The Morgan fingerprint density at radius 3 is 2.06 bits per heavy atom. The molecule has 0 spiro atoms. The summed E-state index contributed by atoms with van der Waals surface area (Å²) >= 11 is 0. The number of hydrogen-bond donors (Lipinski definition) is 3. The molecule has 0 aromatic heterocycles. The Balaban J connectivity index is 4.32. The van der Waals surface area contributed by atoms with Gasteiger partial charge in [-0.2, -0.15) is 0 Å². The quantitative estimate of drug-likeness (QED) is 0.719. The van der Waals surface area contributed by atoms with Crippen molar-refractivity contribution in [2.75, 3.05) is 6.61 Å². The molecule has 0 aliphatic carbocycles. The van der Waals surface area contributed by atoms with E-state index in [4.69, 9.17) is 4.74 Å². The van der Waals surface area contributed by atoms with E-state index < -0.39 is 23.8 Å². The molecule has 108 valence electrons. The van der Waals surface area contributed by atoms with Gasteiger partial charge in [-0.3, -0.25) is 0 Å². The summed E-state index contributed by atoms with van der Waals surface area (Å²) in [5.41, 5.74) is -0.865. The number of carbonyl (C=O) groups excluding carboxylic acids is 1. The van der Waals surface area contributed by atoms with Gasteiger partial charge < -0.3 is 20.3 Å². The van der Waals surface area contributed by atoms with E-state index in [9.17, 15) is 15.0 Å². The van der Waals surface area contributed by atoms with Crippen molar-refractivity contribution in [1.29, 1.82) is 0 Å². The summed E-state index contributed by atoms with van der Waals surface area (Å²) in [7, 11) is 0. The van der Waals surface area contributed by atoms with Crippen molar-refractivity contribution in [1.82, 2.24) is 5.32 Å². The third kappa shape index (κ3) is 7.50. The maximum Gasteiger partial charge on any atom is 0.407 e. The molecular formula is C13H27NO4. The Kier molecular flexibility index (Phi) is 6.10. The van der Waals surface area contributed by atoms with E-state index >= 15 is 0 Å². The van der Waals surface area contributed by atoms with Gasteiger partial charge in [0.2, 0.25) is 0 Å². The molecule has 0 radical (unpaired) electrons.